The summed E-state index contributed by atoms with van der Waals surface area (Å²) in [6, 6.07) is 3.46. The number of ether oxygens (including phenoxy) is 1. The van der Waals surface area contributed by atoms with Crippen molar-refractivity contribution in [3.63, 3.8) is 0 Å². The van der Waals surface area contributed by atoms with Crippen LogP contribution in [0.4, 0.5) is 4.39 Å². The second kappa shape index (κ2) is 9.83. The fourth-order valence-corrected chi connectivity index (χ4v) is 4.24. The molecule has 0 aromatic carbocycles. The van der Waals surface area contributed by atoms with Gasteiger partial charge >= 0.3 is 0 Å². The summed E-state index contributed by atoms with van der Waals surface area (Å²) >= 11 is 3.35. The number of hydrogen-bond acceptors (Lipinski definition) is 7. The molecule has 0 radical (unpaired) electrons. The van der Waals surface area contributed by atoms with E-state index in [1.807, 2.05) is 20.8 Å². The highest BCUT2D eigenvalue weighted by Crippen LogP contribution is 2.29. The van der Waals surface area contributed by atoms with Crippen molar-refractivity contribution in [2.24, 2.45) is 0 Å². The van der Waals surface area contributed by atoms with Gasteiger partial charge in [-0.1, -0.05) is 6.08 Å². The number of pyridine rings is 2. The van der Waals surface area contributed by atoms with Gasteiger partial charge in [0.15, 0.2) is 5.82 Å². The Kier molecular flexibility index (Phi) is 7.09. The molecule has 0 bridgehead atoms. The number of nitrogens with zero attached hydrogens (tertiary/aromatic N) is 4. The molecule has 10 heteroatoms. The number of rotatable bonds is 6. The molecule has 1 atom stereocenters. The van der Waals surface area contributed by atoms with Crippen LogP contribution in [0.15, 0.2) is 57.7 Å². The van der Waals surface area contributed by atoms with Crippen LogP contribution in [0.25, 0.3) is 17.1 Å². The zero-order chi connectivity index (χ0) is 27.1. The Morgan fingerprint density at radius 2 is 1.86 bits per heavy atom. The minimum absolute atomic E-state index is 0.175. The molecule has 0 saturated heterocycles. The number of alkyl halides is 1. The number of hydrogen-bond donors (Lipinski definition) is 2. The summed E-state index contributed by atoms with van der Waals surface area (Å²) in [4.78, 5) is 26.8. The van der Waals surface area contributed by atoms with Crippen LogP contribution in [0.5, 0.6) is 5.75 Å². The molecular formula is C27H29BrFN5O3. The maximum Gasteiger partial charge on any atom is 0.273 e. The summed E-state index contributed by atoms with van der Waals surface area (Å²) in [6.45, 7) is 10.3. The summed E-state index contributed by atoms with van der Waals surface area (Å²) < 4.78 is 22.4. The minimum atomic E-state index is -1.88. The first-order chi connectivity index (χ1) is 17.3. The zero-order valence-corrected chi connectivity index (χ0v) is 23.1. The first-order valence-corrected chi connectivity index (χ1v) is 12.5. The highest BCUT2D eigenvalue weighted by molar-refractivity contribution is 9.10. The Bertz CT molecular complexity index is 1490. The Morgan fingerprint density at radius 3 is 2.51 bits per heavy atom. The van der Waals surface area contributed by atoms with Gasteiger partial charge in [-0.25, -0.2) is 14.4 Å². The summed E-state index contributed by atoms with van der Waals surface area (Å²) in [5.41, 5.74) is 3.16. The van der Waals surface area contributed by atoms with Crippen molar-refractivity contribution in [2.45, 2.75) is 52.9 Å². The molecule has 0 saturated carbocycles. The van der Waals surface area contributed by atoms with Gasteiger partial charge in [0.05, 0.1) is 17.1 Å². The lowest BCUT2D eigenvalue weighted by atomic mass is 10.1. The zero-order valence-electron chi connectivity index (χ0n) is 21.6. The first kappa shape index (κ1) is 26.7. The van der Waals surface area contributed by atoms with Crippen molar-refractivity contribution in [2.75, 3.05) is 6.61 Å². The van der Waals surface area contributed by atoms with E-state index in [2.05, 4.69) is 36.2 Å². The van der Waals surface area contributed by atoms with Crippen LogP contribution in [0.3, 0.4) is 0 Å². The van der Waals surface area contributed by atoms with Gasteiger partial charge in [-0.15, -0.1) is 0 Å². The van der Waals surface area contributed by atoms with Crippen molar-refractivity contribution in [1.29, 1.82) is 0 Å². The minimum Gasteiger partial charge on any atom is -0.486 e. The second-order valence-electron chi connectivity index (χ2n) is 9.76. The molecule has 0 spiro atoms. The predicted molar refractivity (Wildman–Crippen MR) is 143 cm³/mol. The molecule has 1 unspecified atom stereocenters. The van der Waals surface area contributed by atoms with E-state index >= 15 is 4.39 Å². The predicted octanol–water partition coefficient (Wildman–Crippen LogP) is 4.71. The average molecular weight is 570 g/mol. The Morgan fingerprint density at radius 1 is 1.16 bits per heavy atom. The van der Waals surface area contributed by atoms with Crippen LogP contribution in [0.2, 0.25) is 0 Å². The van der Waals surface area contributed by atoms with E-state index < -0.39 is 11.4 Å². The maximum absolute atomic E-state index is 15.0. The number of aliphatic hydroxyl groups is 1. The molecule has 1 aliphatic rings. The molecule has 0 aliphatic carbocycles. The fourth-order valence-electron chi connectivity index (χ4n) is 3.83. The number of halogens is 2. The molecule has 0 fully saturated rings. The molecule has 0 amide bonds. The van der Waals surface area contributed by atoms with Gasteiger partial charge in [-0.3, -0.25) is 14.3 Å². The van der Waals surface area contributed by atoms with Gasteiger partial charge in [0, 0.05) is 30.4 Å². The lowest BCUT2D eigenvalue weighted by Gasteiger charge is -2.26. The van der Waals surface area contributed by atoms with Crippen LogP contribution in [-0.2, 0) is 5.60 Å². The van der Waals surface area contributed by atoms with Crippen LogP contribution < -0.4 is 15.6 Å². The molecular weight excluding hydrogens is 541 g/mol. The van der Waals surface area contributed by atoms with E-state index in [1.54, 1.807) is 62.1 Å². The van der Waals surface area contributed by atoms with Crippen LogP contribution in [0.1, 0.15) is 43.4 Å². The number of dihydropyridines is 1. The summed E-state index contributed by atoms with van der Waals surface area (Å²) in [5.74, 6) is -1.37. The van der Waals surface area contributed by atoms with Crippen LogP contribution in [-0.4, -0.2) is 37.0 Å². The lowest BCUT2D eigenvalue weighted by molar-refractivity contribution is 0.0688. The van der Waals surface area contributed by atoms with E-state index in [1.165, 1.54) is 6.08 Å². The van der Waals surface area contributed by atoms with Gasteiger partial charge in [0.2, 0.25) is 5.79 Å². The largest absolute Gasteiger partial charge is 0.486 e. The molecule has 37 heavy (non-hydrogen) atoms. The van der Waals surface area contributed by atoms with Crippen LogP contribution >= 0.6 is 15.9 Å². The standard InChI is InChI=1S/C27H29BrFN5O3/c1-15-7-8-27(29,32-11-15)14-37-21-9-18(4)34(24(35)22(21)28)20-10-19(30-12-16(20)2)23-17(3)13-31-25(33-23)26(5,6)36/h7-13,32,36H,14H2,1-6H3. The van der Waals surface area contributed by atoms with E-state index in [-0.39, 0.29) is 28.2 Å². The van der Waals surface area contributed by atoms with Crippen molar-refractivity contribution < 1.29 is 14.2 Å². The highest BCUT2D eigenvalue weighted by Gasteiger charge is 2.29. The number of nitrogens with one attached hydrogen (secondary N) is 1. The van der Waals surface area contributed by atoms with Gasteiger partial charge in [-0.05, 0) is 86.3 Å². The molecule has 8 nitrogen and oxygen atoms in total. The van der Waals surface area contributed by atoms with Gasteiger partial charge in [0.1, 0.15) is 22.4 Å². The third-order valence-electron chi connectivity index (χ3n) is 5.96. The van der Waals surface area contributed by atoms with Crippen molar-refractivity contribution in [3.05, 3.63) is 85.9 Å². The molecule has 2 N–H and O–H groups in total. The molecule has 194 valence electrons. The topological polar surface area (TPSA) is 102 Å². The van der Waals surface area contributed by atoms with E-state index in [4.69, 9.17) is 4.74 Å². The molecule has 3 aromatic rings. The smallest absolute Gasteiger partial charge is 0.273 e. The summed E-state index contributed by atoms with van der Waals surface area (Å²) in [6.07, 6.45) is 7.96. The quantitative estimate of drug-likeness (QED) is 0.414. The SMILES string of the molecule is CC1=CNC(F)(COc2cc(C)n(-c3cc(-c4nc(C(C)(C)O)ncc4C)ncc3C)c(=O)c2Br)C=C1. The summed E-state index contributed by atoms with van der Waals surface area (Å²) in [5, 5.41) is 13.0. The number of aromatic nitrogens is 4. The number of allylic oxidation sites excluding steroid dienone is 2. The monoisotopic (exact) mass is 569 g/mol. The van der Waals surface area contributed by atoms with Gasteiger partial charge in [-0.2, -0.15) is 0 Å². The highest BCUT2D eigenvalue weighted by atomic mass is 79.9. The van der Waals surface area contributed by atoms with Gasteiger partial charge < -0.3 is 15.2 Å². The lowest BCUT2D eigenvalue weighted by Crippen LogP contribution is -2.43. The Labute approximate surface area is 223 Å². The Hall–Kier alpha value is -3.37. The summed E-state index contributed by atoms with van der Waals surface area (Å²) in [7, 11) is 0. The third-order valence-corrected chi connectivity index (χ3v) is 6.69. The van der Waals surface area contributed by atoms with Gasteiger partial charge in [0.25, 0.3) is 5.56 Å². The van der Waals surface area contributed by atoms with E-state index in [9.17, 15) is 9.90 Å². The average Bonchev–Trinajstić information content (AvgIpc) is 2.83. The first-order valence-electron chi connectivity index (χ1n) is 11.7. The molecule has 4 heterocycles. The second-order valence-corrected chi connectivity index (χ2v) is 10.6. The van der Waals surface area contributed by atoms with Crippen molar-refractivity contribution in [1.82, 2.24) is 24.8 Å². The maximum atomic E-state index is 15.0. The van der Waals surface area contributed by atoms with Crippen molar-refractivity contribution in [3.8, 4) is 22.8 Å². The van der Waals surface area contributed by atoms with E-state index in [0.717, 1.165) is 16.7 Å². The molecule has 1 aliphatic heterocycles. The molecule has 4 rings (SSSR count). The molecule has 3 aromatic heterocycles. The Balaban J connectivity index is 1.72. The van der Waals surface area contributed by atoms with Crippen molar-refractivity contribution >= 4 is 15.9 Å². The van der Waals surface area contributed by atoms with Crippen LogP contribution in [0, 0.1) is 20.8 Å². The third kappa shape index (κ3) is 5.50. The fraction of sp³-hybridized carbons (Fsp3) is 0.333. The number of aryl methyl sites for hydroxylation is 3. The van der Waals surface area contributed by atoms with E-state index in [0.29, 0.717) is 22.8 Å². The normalized spacial score (nSPS) is 17.4.